The average molecular weight is 371 g/mol. The molecule has 3 rings (SSSR count). The van der Waals surface area contributed by atoms with E-state index in [9.17, 15) is 4.79 Å². The predicted molar refractivity (Wildman–Crippen MR) is 94.4 cm³/mol. The van der Waals surface area contributed by atoms with E-state index in [2.05, 4.69) is 26.2 Å². The van der Waals surface area contributed by atoms with Gasteiger partial charge in [-0.2, -0.15) is 0 Å². The summed E-state index contributed by atoms with van der Waals surface area (Å²) >= 11 is 3.42. The van der Waals surface area contributed by atoms with Gasteiger partial charge in [0.1, 0.15) is 17.3 Å². The molecule has 2 aromatic carbocycles. The Morgan fingerprint density at radius 3 is 2.70 bits per heavy atom. The molecule has 0 aliphatic carbocycles. The number of nitrogens with one attached hydrogen (secondary N) is 1. The van der Waals surface area contributed by atoms with Crippen molar-refractivity contribution in [1.82, 2.24) is 5.32 Å². The van der Waals surface area contributed by atoms with E-state index >= 15 is 0 Å². The van der Waals surface area contributed by atoms with Crippen molar-refractivity contribution in [2.24, 2.45) is 4.99 Å². The second kappa shape index (κ2) is 6.79. The number of methoxy groups -OCH3 is 1. The zero-order chi connectivity index (χ0) is 16.2. The van der Waals surface area contributed by atoms with Gasteiger partial charge in [-0.25, -0.2) is 4.99 Å². The average Bonchev–Trinajstić information content (AvgIpc) is 2.87. The van der Waals surface area contributed by atoms with Crippen molar-refractivity contribution in [3.8, 4) is 5.75 Å². The Hall–Kier alpha value is -2.40. The van der Waals surface area contributed by atoms with Crippen LogP contribution < -0.4 is 10.1 Å². The molecule has 2 aromatic rings. The summed E-state index contributed by atoms with van der Waals surface area (Å²) in [5, 5.41) is 2.82. The van der Waals surface area contributed by atoms with Crippen LogP contribution in [0.5, 0.6) is 5.75 Å². The third kappa shape index (κ3) is 3.87. The minimum absolute atomic E-state index is 0.173. The third-order valence-electron chi connectivity index (χ3n) is 3.43. The molecule has 0 bridgehead atoms. The molecule has 5 heteroatoms. The summed E-state index contributed by atoms with van der Waals surface area (Å²) in [5.41, 5.74) is 2.42. The number of ether oxygens (including phenoxy) is 1. The summed E-state index contributed by atoms with van der Waals surface area (Å²) in [6, 6.07) is 15.4. The number of carbonyl (C=O) groups excluding carboxylic acids is 1. The predicted octanol–water partition coefficient (Wildman–Crippen LogP) is 3.57. The van der Waals surface area contributed by atoms with Crippen molar-refractivity contribution in [2.75, 3.05) is 7.11 Å². The maximum absolute atomic E-state index is 12.0. The van der Waals surface area contributed by atoms with Crippen LogP contribution in [-0.2, 0) is 11.2 Å². The maximum atomic E-state index is 12.0. The molecule has 0 fully saturated rings. The lowest BCUT2D eigenvalue weighted by Gasteiger charge is -2.03. The van der Waals surface area contributed by atoms with E-state index in [0.29, 0.717) is 18.0 Å². The number of halogens is 1. The fraction of sp³-hybridized carbons (Fsp3) is 0.111. The molecule has 23 heavy (non-hydrogen) atoms. The van der Waals surface area contributed by atoms with Gasteiger partial charge in [0.15, 0.2) is 0 Å². The molecule has 116 valence electrons. The Morgan fingerprint density at radius 2 is 2.00 bits per heavy atom. The van der Waals surface area contributed by atoms with E-state index in [0.717, 1.165) is 21.3 Å². The Morgan fingerprint density at radius 1 is 1.22 bits per heavy atom. The lowest BCUT2D eigenvalue weighted by molar-refractivity contribution is -0.115. The molecule has 0 atom stereocenters. The van der Waals surface area contributed by atoms with Gasteiger partial charge in [-0.1, -0.05) is 40.2 Å². The SMILES string of the molecule is COc1ccc(CC2=N/C(=C/c3cccc(Br)c3)C(=O)N2)cc1. The van der Waals surface area contributed by atoms with Crippen LogP contribution in [0, 0.1) is 0 Å². The number of hydrogen-bond acceptors (Lipinski definition) is 3. The number of nitrogens with zero attached hydrogens (tertiary/aromatic N) is 1. The van der Waals surface area contributed by atoms with Crippen molar-refractivity contribution in [2.45, 2.75) is 6.42 Å². The van der Waals surface area contributed by atoms with Gasteiger partial charge in [-0.3, -0.25) is 4.79 Å². The summed E-state index contributed by atoms with van der Waals surface area (Å²) in [6.45, 7) is 0. The Kier molecular flexibility index (Phi) is 4.57. The van der Waals surface area contributed by atoms with Gasteiger partial charge in [0, 0.05) is 10.9 Å². The van der Waals surface area contributed by atoms with Gasteiger partial charge >= 0.3 is 0 Å². The molecule has 0 saturated carbocycles. The molecule has 1 heterocycles. The smallest absolute Gasteiger partial charge is 0.275 e. The maximum Gasteiger partial charge on any atom is 0.275 e. The van der Waals surface area contributed by atoms with Crippen LogP contribution in [-0.4, -0.2) is 18.9 Å². The van der Waals surface area contributed by atoms with Crippen LogP contribution in [0.15, 0.2) is 63.7 Å². The Balaban J connectivity index is 1.78. The van der Waals surface area contributed by atoms with Crippen LogP contribution in [0.1, 0.15) is 11.1 Å². The van der Waals surface area contributed by atoms with Crippen molar-refractivity contribution >= 4 is 33.7 Å². The number of rotatable bonds is 4. The number of benzene rings is 2. The Bertz CT molecular complexity index is 795. The Labute approximate surface area is 143 Å². The molecule has 1 N–H and O–H groups in total. The quantitative estimate of drug-likeness (QED) is 0.836. The molecule has 4 nitrogen and oxygen atoms in total. The summed E-state index contributed by atoms with van der Waals surface area (Å²) in [6.07, 6.45) is 2.35. The first-order valence-electron chi connectivity index (χ1n) is 7.13. The highest BCUT2D eigenvalue weighted by atomic mass is 79.9. The van der Waals surface area contributed by atoms with Crippen molar-refractivity contribution in [1.29, 1.82) is 0 Å². The summed E-state index contributed by atoms with van der Waals surface area (Å²) in [5.74, 6) is 1.29. The first kappa shape index (κ1) is 15.5. The zero-order valence-corrected chi connectivity index (χ0v) is 14.1. The van der Waals surface area contributed by atoms with Crippen LogP contribution in [0.25, 0.3) is 6.08 Å². The van der Waals surface area contributed by atoms with Crippen LogP contribution in [0.4, 0.5) is 0 Å². The van der Waals surface area contributed by atoms with Gasteiger partial charge < -0.3 is 10.1 Å². The zero-order valence-electron chi connectivity index (χ0n) is 12.5. The third-order valence-corrected chi connectivity index (χ3v) is 3.92. The van der Waals surface area contributed by atoms with Crippen LogP contribution in [0.3, 0.4) is 0 Å². The number of amidine groups is 1. The van der Waals surface area contributed by atoms with Crippen molar-refractivity contribution in [3.05, 3.63) is 69.8 Å². The van der Waals surface area contributed by atoms with E-state index in [1.807, 2.05) is 48.5 Å². The lowest BCUT2D eigenvalue weighted by atomic mass is 10.1. The van der Waals surface area contributed by atoms with Crippen LogP contribution >= 0.6 is 15.9 Å². The molecule has 1 aliphatic heterocycles. The van der Waals surface area contributed by atoms with Gasteiger partial charge in [-0.05, 0) is 41.5 Å². The molecular formula is C18H15BrN2O2. The van der Waals surface area contributed by atoms with Crippen LogP contribution in [0.2, 0.25) is 0 Å². The topological polar surface area (TPSA) is 50.7 Å². The minimum Gasteiger partial charge on any atom is -0.497 e. The highest BCUT2D eigenvalue weighted by molar-refractivity contribution is 9.10. The molecule has 0 spiro atoms. The molecular weight excluding hydrogens is 356 g/mol. The van der Waals surface area contributed by atoms with Gasteiger partial charge in [0.25, 0.3) is 5.91 Å². The molecule has 0 saturated heterocycles. The molecule has 0 unspecified atom stereocenters. The minimum atomic E-state index is -0.173. The van der Waals surface area contributed by atoms with E-state index < -0.39 is 0 Å². The second-order valence-electron chi connectivity index (χ2n) is 5.12. The monoisotopic (exact) mass is 370 g/mol. The number of carbonyl (C=O) groups is 1. The highest BCUT2D eigenvalue weighted by Gasteiger charge is 2.19. The van der Waals surface area contributed by atoms with E-state index in [1.54, 1.807) is 13.2 Å². The fourth-order valence-electron chi connectivity index (χ4n) is 2.29. The van der Waals surface area contributed by atoms with E-state index in [-0.39, 0.29) is 5.91 Å². The number of hydrogen-bond donors (Lipinski definition) is 1. The lowest BCUT2D eigenvalue weighted by Crippen LogP contribution is -2.25. The standard InChI is InChI=1S/C18H15BrN2O2/c1-23-15-7-5-12(6-8-15)11-17-20-16(18(22)21-17)10-13-3-2-4-14(19)9-13/h2-10H,11H2,1H3,(H,20,21,22)/b16-10+. The molecule has 1 amide bonds. The largest absolute Gasteiger partial charge is 0.497 e. The van der Waals surface area contributed by atoms with E-state index in [4.69, 9.17) is 4.74 Å². The first-order valence-corrected chi connectivity index (χ1v) is 7.92. The summed E-state index contributed by atoms with van der Waals surface area (Å²) in [7, 11) is 1.63. The van der Waals surface area contributed by atoms with Gasteiger partial charge in [-0.15, -0.1) is 0 Å². The number of amides is 1. The summed E-state index contributed by atoms with van der Waals surface area (Å²) < 4.78 is 6.10. The second-order valence-corrected chi connectivity index (χ2v) is 6.04. The van der Waals surface area contributed by atoms with Crippen molar-refractivity contribution in [3.63, 3.8) is 0 Å². The highest BCUT2D eigenvalue weighted by Crippen LogP contribution is 2.18. The molecule has 1 aliphatic rings. The first-order chi connectivity index (χ1) is 11.1. The molecule has 0 radical (unpaired) electrons. The fourth-order valence-corrected chi connectivity index (χ4v) is 2.71. The normalized spacial score (nSPS) is 15.5. The molecule has 0 aromatic heterocycles. The summed E-state index contributed by atoms with van der Waals surface area (Å²) in [4.78, 5) is 16.4. The van der Waals surface area contributed by atoms with Gasteiger partial charge in [0.2, 0.25) is 0 Å². The number of aliphatic imine (C=N–C) groups is 1. The van der Waals surface area contributed by atoms with E-state index in [1.165, 1.54) is 0 Å². The van der Waals surface area contributed by atoms with Crippen molar-refractivity contribution < 1.29 is 9.53 Å². The van der Waals surface area contributed by atoms with Gasteiger partial charge in [0.05, 0.1) is 7.11 Å².